The normalized spacial score (nSPS) is 17.1. The van der Waals surface area contributed by atoms with Crippen molar-refractivity contribution in [2.45, 2.75) is 39.3 Å². The minimum atomic E-state index is -0.143. The predicted octanol–water partition coefficient (Wildman–Crippen LogP) is 4.29. The second kappa shape index (κ2) is 9.64. The molecule has 34 heavy (non-hydrogen) atoms. The van der Waals surface area contributed by atoms with Gasteiger partial charge in [0, 0.05) is 35.9 Å². The van der Waals surface area contributed by atoms with E-state index in [-0.39, 0.29) is 11.7 Å². The van der Waals surface area contributed by atoms with Crippen LogP contribution in [0.4, 0.5) is 5.69 Å². The fourth-order valence-corrected chi connectivity index (χ4v) is 4.76. The van der Waals surface area contributed by atoms with Gasteiger partial charge in [0.2, 0.25) is 0 Å². The van der Waals surface area contributed by atoms with Gasteiger partial charge in [0.25, 0.3) is 5.56 Å². The first-order valence-electron chi connectivity index (χ1n) is 11.7. The molecule has 2 aromatic carbocycles. The van der Waals surface area contributed by atoms with Crippen molar-refractivity contribution in [3.63, 3.8) is 0 Å². The van der Waals surface area contributed by atoms with Crippen molar-refractivity contribution in [2.24, 2.45) is 0 Å². The predicted molar refractivity (Wildman–Crippen MR) is 137 cm³/mol. The molecule has 1 saturated heterocycles. The zero-order chi connectivity index (χ0) is 23.7. The van der Waals surface area contributed by atoms with E-state index in [2.05, 4.69) is 36.3 Å². The van der Waals surface area contributed by atoms with E-state index in [1.54, 1.807) is 0 Å². The Morgan fingerprint density at radius 3 is 2.65 bits per heavy atom. The van der Waals surface area contributed by atoms with Gasteiger partial charge < -0.3 is 29.4 Å². The molecule has 3 heterocycles. The fraction of sp³-hybridized carbons (Fsp3) is 0.385. The van der Waals surface area contributed by atoms with Gasteiger partial charge in [0.05, 0.1) is 18.2 Å². The molecule has 1 aromatic heterocycles. The summed E-state index contributed by atoms with van der Waals surface area (Å²) in [6.45, 7) is 6.90. The number of ether oxygens (including phenoxy) is 3. The molecule has 3 aromatic rings. The Morgan fingerprint density at radius 2 is 1.91 bits per heavy atom. The van der Waals surface area contributed by atoms with Crippen LogP contribution >= 0.6 is 12.2 Å². The number of rotatable bonds is 5. The lowest BCUT2D eigenvalue weighted by molar-refractivity contribution is 0.0904. The van der Waals surface area contributed by atoms with Crippen LogP contribution in [0, 0.1) is 13.8 Å². The number of H-pyrrole nitrogens is 1. The number of pyridine rings is 1. The number of aromatic nitrogens is 1. The number of hydrogen-bond donors (Lipinski definition) is 2. The van der Waals surface area contributed by atoms with Gasteiger partial charge in [0.15, 0.2) is 16.6 Å². The van der Waals surface area contributed by atoms with Gasteiger partial charge in [0.1, 0.15) is 13.2 Å². The van der Waals surface area contributed by atoms with Crippen molar-refractivity contribution in [3.05, 3.63) is 63.4 Å². The van der Waals surface area contributed by atoms with Crippen LogP contribution in [0.2, 0.25) is 0 Å². The van der Waals surface area contributed by atoms with E-state index in [9.17, 15) is 4.79 Å². The summed E-state index contributed by atoms with van der Waals surface area (Å²) in [5, 5.41) is 4.85. The molecule has 2 aliphatic rings. The quantitative estimate of drug-likeness (QED) is 0.529. The third-order valence-corrected chi connectivity index (χ3v) is 6.66. The Kier molecular flexibility index (Phi) is 6.43. The number of nitrogens with one attached hydrogen (secondary N) is 2. The molecule has 0 spiro atoms. The van der Waals surface area contributed by atoms with Crippen LogP contribution in [-0.4, -0.2) is 47.5 Å². The van der Waals surface area contributed by atoms with Crippen molar-refractivity contribution in [1.82, 2.24) is 9.88 Å². The van der Waals surface area contributed by atoms with Gasteiger partial charge in [-0.05, 0) is 62.7 Å². The maximum absolute atomic E-state index is 13.0. The third kappa shape index (κ3) is 4.88. The van der Waals surface area contributed by atoms with Gasteiger partial charge in [-0.2, -0.15) is 0 Å². The van der Waals surface area contributed by atoms with Gasteiger partial charge in [-0.25, -0.2) is 0 Å². The van der Waals surface area contributed by atoms with Gasteiger partial charge >= 0.3 is 0 Å². The number of benzene rings is 2. The molecule has 2 N–H and O–H groups in total. The molecule has 0 radical (unpaired) electrons. The number of nitrogens with zero attached hydrogens (tertiary/aromatic N) is 1. The highest BCUT2D eigenvalue weighted by Gasteiger charge is 2.23. The van der Waals surface area contributed by atoms with Crippen molar-refractivity contribution >= 4 is 33.9 Å². The lowest BCUT2D eigenvalue weighted by Crippen LogP contribution is -2.40. The summed E-state index contributed by atoms with van der Waals surface area (Å²) in [5.74, 6) is 1.35. The smallest absolute Gasteiger partial charge is 0.253 e. The maximum atomic E-state index is 13.0. The molecule has 7 nitrogen and oxygen atoms in total. The van der Waals surface area contributed by atoms with Crippen molar-refractivity contribution in [3.8, 4) is 11.5 Å². The second-order valence-corrected chi connectivity index (χ2v) is 9.36. The molecule has 8 heteroatoms. The van der Waals surface area contributed by atoms with Crippen LogP contribution in [0.1, 0.15) is 29.5 Å². The molecule has 2 aliphatic heterocycles. The van der Waals surface area contributed by atoms with E-state index < -0.39 is 0 Å². The first-order valence-corrected chi connectivity index (χ1v) is 12.1. The second-order valence-electron chi connectivity index (χ2n) is 8.97. The van der Waals surface area contributed by atoms with E-state index in [4.69, 9.17) is 26.4 Å². The number of thiocarbonyl (C=S) groups is 1. The van der Waals surface area contributed by atoms with E-state index in [0.717, 1.165) is 41.6 Å². The van der Waals surface area contributed by atoms with Crippen molar-refractivity contribution in [2.75, 3.05) is 31.7 Å². The average Bonchev–Trinajstić information content (AvgIpc) is 3.33. The Morgan fingerprint density at radius 1 is 1.12 bits per heavy atom. The first kappa shape index (κ1) is 22.7. The van der Waals surface area contributed by atoms with Crippen LogP contribution < -0.4 is 20.3 Å². The fourth-order valence-electron chi connectivity index (χ4n) is 4.51. The molecule has 1 atom stereocenters. The summed E-state index contributed by atoms with van der Waals surface area (Å²) in [4.78, 5) is 18.0. The summed E-state index contributed by atoms with van der Waals surface area (Å²) in [6.07, 6.45) is 2.12. The average molecular weight is 480 g/mol. The van der Waals surface area contributed by atoms with E-state index in [1.165, 1.54) is 5.56 Å². The minimum Gasteiger partial charge on any atom is -0.486 e. The molecule has 0 aliphatic carbocycles. The number of hydrogen-bond acceptors (Lipinski definition) is 5. The van der Waals surface area contributed by atoms with Gasteiger partial charge in [-0.15, -0.1) is 0 Å². The van der Waals surface area contributed by atoms with Crippen LogP contribution in [0.5, 0.6) is 11.5 Å². The highest BCUT2D eigenvalue weighted by Crippen LogP contribution is 2.33. The van der Waals surface area contributed by atoms with Crippen LogP contribution in [0.25, 0.3) is 10.9 Å². The Bertz CT molecular complexity index is 1280. The van der Waals surface area contributed by atoms with E-state index in [0.29, 0.717) is 48.5 Å². The lowest BCUT2D eigenvalue weighted by atomic mass is 10.1. The Hall–Kier alpha value is -3.10. The molecule has 178 valence electrons. The molecule has 0 bridgehead atoms. The van der Waals surface area contributed by atoms with Crippen LogP contribution in [0.15, 0.2) is 41.2 Å². The topological polar surface area (TPSA) is 75.8 Å². The Labute approximate surface area is 204 Å². The summed E-state index contributed by atoms with van der Waals surface area (Å²) in [7, 11) is 0. The molecule has 0 saturated carbocycles. The number of fused-ring (bicyclic) bond motifs is 2. The summed E-state index contributed by atoms with van der Waals surface area (Å²) >= 11 is 5.81. The highest BCUT2D eigenvalue weighted by molar-refractivity contribution is 7.80. The monoisotopic (exact) mass is 479 g/mol. The van der Waals surface area contributed by atoms with E-state index in [1.807, 2.05) is 29.2 Å². The van der Waals surface area contributed by atoms with Gasteiger partial charge in [-0.1, -0.05) is 17.7 Å². The molecule has 1 unspecified atom stereocenters. The third-order valence-electron chi connectivity index (χ3n) is 6.30. The number of aromatic amines is 1. The molecule has 0 amide bonds. The van der Waals surface area contributed by atoms with Crippen molar-refractivity contribution < 1.29 is 14.2 Å². The zero-order valence-electron chi connectivity index (χ0n) is 19.5. The minimum absolute atomic E-state index is 0.0935. The molecule has 5 rings (SSSR count). The number of anilines is 1. The molecule has 1 fully saturated rings. The summed E-state index contributed by atoms with van der Waals surface area (Å²) in [6, 6.07) is 11.9. The largest absolute Gasteiger partial charge is 0.486 e. The molecular formula is C26H29N3O4S. The van der Waals surface area contributed by atoms with Crippen LogP contribution in [-0.2, 0) is 11.3 Å². The molecular weight excluding hydrogens is 450 g/mol. The summed E-state index contributed by atoms with van der Waals surface area (Å²) in [5.41, 5.74) is 4.49. The first-order chi connectivity index (χ1) is 16.5. The van der Waals surface area contributed by atoms with Gasteiger partial charge in [-0.3, -0.25) is 4.79 Å². The van der Waals surface area contributed by atoms with Crippen molar-refractivity contribution in [1.29, 1.82) is 0 Å². The van der Waals surface area contributed by atoms with E-state index >= 15 is 0 Å². The van der Waals surface area contributed by atoms with Crippen LogP contribution in [0.3, 0.4) is 0 Å². The zero-order valence-corrected chi connectivity index (χ0v) is 20.3. The Balaban J connectivity index is 1.43. The lowest BCUT2D eigenvalue weighted by Gasteiger charge is -2.28. The SMILES string of the molecule is Cc1ccc(NC(=S)N(Cc2cc3cc4c(cc3[nH]c2=O)OCCO4)CC2CCCO2)c(C)c1. The summed E-state index contributed by atoms with van der Waals surface area (Å²) < 4.78 is 17.3. The highest BCUT2D eigenvalue weighted by atomic mass is 32.1. The maximum Gasteiger partial charge on any atom is 0.253 e. The number of aryl methyl sites for hydroxylation is 2. The standard InChI is InChI=1S/C26H29N3O4S/c1-16-5-6-21(17(2)10-16)28-26(34)29(15-20-4-3-7-31-20)14-19-11-18-12-23-24(33-9-8-32-23)13-22(18)27-25(19)30/h5-6,10-13,20H,3-4,7-9,14-15H2,1-2H3,(H,27,30)(H,28,34).